The number of rotatable bonds is 2. The van der Waals surface area contributed by atoms with Gasteiger partial charge in [0.15, 0.2) is 5.82 Å². The first-order valence-electron chi connectivity index (χ1n) is 8.23. The van der Waals surface area contributed by atoms with E-state index in [2.05, 4.69) is 41.0 Å². The molecule has 3 rings (SSSR count). The molecule has 0 radical (unpaired) electrons. The minimum absolute atomic E-state index is 0.182. The number of anilines is 2. The molecule has 0 aliphatic carbocycles. The minimum atomic E-state index is -0.500. The van der Waals surface area contributed by atoms with E-state index in [0.29, 0.717) is 17.0 Å². The van der Waals surface area contributed by atoms with Crippen molar-refractivity contribution >= 4 is 33.2 Å². The lowest BCUT2D eigenvalue weighted by atomic mass is 10.3. The second-order valence-electron chi connectivity index (χ2n) is 5.94. The highest BCUT2D eigenvalue weighted by molar-refractivity contribution is 7.18. The fourth-order valence-corrected chi connectivity index (χ4v) is 2.44. The molecule has 6 nitrogen and oxygen atoms in total. The van der Waals surface area contributed by atoms with E-state index in [1.807, 2.05) is 6.92 Å². The van der Waals surface area contributed by atoms with E-state index in [4.69, 9.17) is 5.11 Å². The van der Waals surface area contributed by atoms with Crippen LogP contribution in [0.2, 0.25) is 0 Å². The van der Waals surface area contributed by atoms with Gasteiger partial charge in [-0.3, -0.25) is 0 Å². The second-order valence-corrected chi connectivity index (χ2v) is 7.13. The van der Waals surface area contributed by atoms with Crippen molar-refractivity contribution in [2.75, 3.05) is 11.9 Å². The van der Waals surface area contributed by atoms with Gasteiger partial charge in [-0.1, -0.05) is 32.1 Å². The van der Waals surface area contributed by atoms with Crippen molar-refractivity contribution in [2.45, 2.75) is 34.6 Å². The summed E-state index contributed by atoms with van der Waals surface area (Å²) in [5.74, 6) is 0.635. The van der Waals surface area contributed by atoms with Gasteiger partial charge in [0.05, 0.1) is 10.7 Å². The van der Waals surface area contributed by atoms with Crippen LogP contribution in [0.4, 0.5) is 15.9 Å². The van der Waals surface area contributed by atoms with E-state index in [1.165, 1.54) is 29.8 Å². The number of aromatic hydroxyl groups is 1. The Kier molecular flexibility index (Phi) is 8.87. The summed E-state index contributed by atoms with van der Waals surface area (Å²) in [5.41, 5.74) is 1.00. The minimum Gasteiger partial charge on any atom is -0.506 e. The molecule has 0 fully saturated rings. The molecule has 0 atom stereocenters. The van der Waals surface area contributed by atoms with Crippen LogP contribution in [0, 0.1) is 18.7 Å². The maximum atomic E-state index is 12.9. The molecule has 0 saturated carbocycles. The van der Waals surface area contributed by atoms with Crippen LogP contribution in [0.1, 0.15) is 32.7 Å². The first kappa shape index (κ1) is 21.7. The predicted octanol–water partition coefficient (Wildman–Crippen LogP) is 4.64. The van der Waals surface area contributed by atoms with Gasteiger partial charge >= 0.3 is 0 Å². The third-order valence-electron chi connectivity index (χ3n) is 2.52. The molecule has 0 unspecified atom stereocenters. The standard InChI is InChI=1S/C12H9FN4OS.C4H10.C2H6O/c1-6-16-10-11(14-5-15-12(10)19-6)17-8-3-2-7(13)4-9(8)18;1-4(2)3;1-2-3/h2-5,18H,1H3,(H,14,15,17);4H,1-3H3;3H,2H2,1H3. The second kappa shape index (κ2) is 10.6. The van der Waals surface area contributed by atoms with Crippen LogP contribution in [0.25, 0.3) is 10.3 Å². The van der Waals surface area contributed by atoms with Crippen molar-refractivity contribution < 1.29 is 14.6 Å². The third-order valence-corrected chi connectivity index (χ3v) is 3.39. The molecule has 3 aromatic rings. The van der Waals surface area contributed by atoms with E-state index in [-0.39, 0.29) is 12.4 Å². The number of hydrogen-bond acceptors (Lipinski definition) is 7. The smallest absolute Gasteiger partial charge is 0.161 e. The number of fused-ring (bicyclic) bond motifs is 1. The average molecular weight is 380 g/mol. The highest BCUT2D eigenvalue weighted by Gasteiger charge is 2.10. The molecule has 2 aromatic heterocycles. The zero-order valence-corrected chi connectivity index (χ0v) is 16.4. The number of phenolic OH excluding ortho intramolecular Hbond substituents is 1. The van der Waals surface area contributed by atoms with Crippen LogP contribution >= 0.6 is 11.3 Å². The predicted molar refractivity (Wildman–Crippen MR) is 105 cm³/mol. The van der Waals surface area contributed by atoms with Crippen molar-refractivity contribution in [3.63, 3.8) is 0 Å². The Hall–Kier alpha value is -2.32. The van der Waals surface area contributed by atoms with Gasteiger partial charge in [0, 0.05) is 12.7 Å². The van der Waals surface area contributed by atoms with Gasteiger partial charge in [0.2, 0.25) is 0 Å². The Morgan fingerprint density at radius 3 is 2.42 bits per heavy atom. The maximum absolute atomic E-state index is 12.9. The van der Waals surface area contributed by atoms with Crippen molar-refractivity contribution in [3.8, 4) is 5.75 Å². The number of aliphatic hydroxyl groups excluding tert-OH is 1. The SMILES string of the molecule is CC(C)C.CCO.Cc1nc2c(Nc3ccc(F)cc3O)ncnc2s1. The van der Waals surface area contributed by atoms with Crippen LogP contribution < -0.4 is 5.32 Å². The number of phenols is 1. The van der Waals surface area contributed by atoms with Gasteiger partial charge < -0.3 is 15.5 Å². The highest BCUT2D eigenvalue weighted by Crippen LogP contribution is 2.30. The van der Waals surface area contributed by atoms with E-state index in [9.17, 15) is 9.50 Å². The van der Waals surface area contributed by atoms with Crippen LogP contribution in [-0.4, -0.2) is 31.8 Å². The lowest BCUT2D eigenvalue weighted by Gasteiger charge is -2.07. The molecule has 0 aliphatic heterocycles. The normalized spacial score (nSPS) is 10.0. The quantitative estimate of drug-likeness (QED) is 0.561. The zero-order valence-electron chi connectivity index (χ0n) is 15.6. The first-order valence-corrected chi connectivity index (χ1v) is 9.04. The topological polar surface area (TPSA) is 91.2 Å². The first-order chi connectivity index (χ1) is 12.3. The number of nitrogens with one attached hydrogen (secondary N) is 1. The molecule has 0 bridgehead atoms. The van der Waals surface area contributed by atoms with Crippen LogP contribution in [0.3, 0.4) is 0 Å². The molecule has 2 heterocycles. The molecule has 8 heteroatoms. The number of aryl methyl sites for hydroxylation is 1. The van der Waals surface area contributed by atoms with E-state index < -0.39 is 5.82 Å². The highest BCUT2D eigenvalue weighted by atomic mass is 32.1. The van der Waals surface area contributed by atoms with Gasteiger partial charge in [-0.05, 0) is 31.9 Å². The Balaban J connectivity index is 0.000000419. The Morgan fingerprint density at radius 1 is 1.23 bits per heavy atom. The molecule has 142 valence electrons. The summed E-state index contributed by atoms with van der Waals surface area (Å²) in [6, 6.07) is 3.73. The molecule has 0 saturated heterocycles. The van der Waals surface area contributed by atoms with E-state index >= 15 is 0 Å². The summed E-state index contributed by atoms with van der Waals surface area (Å²) in [6.07, 6.45) is 1.42. The number of benzene rings is 1. The monoisotopic (exact) mass is 380 g/mol. The zero-order chi connectivity index (χ0) is 19.7. The summed E-state index contributed by atoms with van der Waals surface area (Å²) in [4.78, 5) is 13.3. The number of halogens is 1. The lowest BCUT2D eigenvalue weighted by Crippen LogP contribution is -1.96. The van der Waals surface area contributed by atoms with Gasteiger partial charge in [-0.25, -0.2) is 19.3 Å². The van der Waals surface area contributed by atoms with Gasteiger partial charge in [0.25, 0.3) is 0 Å². The molecule has 0 aliphatic rings. The number of thiazole rings is 1. The Bertz CT molecular complexity index is 821. The van der Waals surface area contributed by atoms with Gasteiger partial charge in [-0.2, -0.15) is 0 Å². The summed E-state index contributed by atoms with van der Waals surface area (Å²) < 4.78 is 12.9. The van der Waals surface area contributed by atoms with E-state index in [1.54, 1.807) is 6.92 Å². The summed E-state index contributed by atoms with van der Waals surface area (Å²) in [7, 11) is 0. The molecule has 0 amide bonds. The average Bonchev–Trinajstić information content (AvgIpc) is 2.91. The van der Waals surface area contributed by atoms with Crippen molar-refractivity contribution in [1.29, 1.82) is 0 Å². The summed E-state index contributed by atoms with van der Waals surface area (Å²) >= 11 is 1.46. The summed E-state index contributed by atoms with van der Waals surface area (Å²) in [5, 5.41) is 21.0. The third kappa shape index (κ3) is 6.89. The van der Waals surface area contributed by atoms with Gasteiger partial charge in [-0.15, -0.1) is 0 Å². The van der Waals surface area contributed by atoms with Gasteiger partial charge in [0.1, 0.15) is 28.2 Å². The molecular formula is C18H25FN4O2S. The van der Waals surface area contributed by atoms with Crippen LogP contribution in [-0.2, 0) is 0 Å². The Morgan fingerprint density at radius 2 is 1.85 bits per heavy atom. The lowest BCUT2D eigenvalue weighted by molar-refractivity contribution is 0.318. The van der Waals surface area contributed by atoms with E-state index in [0.717, 1.165) is 21.8 Å². The summed E-state index contributed by atoms with van der Waals surface area (Å²) in [6.45, 7) is 10.3. The molecular weight excluding hydrogens is 355 g/mol. The van der Waals surface area contributed by atoms with Crippen molar-refractivity contribution in [3.05, 3.63) is 35.4 Å². The number of nitrogens with zero attached hydrogens (tertiary/aromatic N) is 3. The number of aliphatic hydroxyl groups is 1. The molecule has 26 heavy (non-hydrogen) atoms. The van der Waals surface area contributed by atoms with Crippen molar-refractivity contribution in [1.82, 2.24) is 15.0 Å². The molecule has 3 N–H and O–H groups in total. The maximum Gasteiger partial charge on any atom is 0.161 e. The van der Waals surface area contributed by atoms with Crippen molar-refractivity contribution in [2.24, 2.45) is 5.92 Å². The molecule has 1 aromatic carbocycles. The number of aromatic nitrogens is 3. The fourth-order valence-electron chi connectivity index (χ4n) is 1.69. The largest absolute Gasteiger partial charge is 0.506 e. The Labute approximate surface area is 156 Å². The fraction of sp³-hybridized carbons (Fsp3) is 0.389. The van der Waals surface area contributed by atoms with Crippen LogP contribution in [0.5, 0.6) is 5.75 Å². The molecule has 0 spiro atoms. The number of hydrogen-bond donors (Lipinski definition) is 3. The van der Waals surface area contributed by atoms with Crippen LogP contribution in [0.15, 0.2) is 24.5 Å².